The van der Waals surface area contributed by atoms with Crippen LogP contribution in [0.4, 0.5) is 0 Å². The minimum atomic E-state index is -0.713. The second kappa shape index (κ2) is 10.9. The van der Waals surface area contributed by atoms with E-state index >= 15 is 0 Å². The molecule has 0 heterocycles. The molecule has 3 rings (SSSR count). The second-order valence-corrected chi connectivity index (χ2v) is 7.63. The molecule has 31 heavy (non-hydrogen) atoms. The molecule has 5 nitrogen and oxygen atoms in total. The first-order chi connectivity index (χ1) is 15.1. The van der Waals surface area contributed by atoms with Crippen LogP contribution >= 0.6 is 0 Å². The standard InChI is InChI=1S/C26H27N3O2/c1-19(2)24(26(31)29-27-18-20-12-6-3-7-13-20)28-25(30)23(21-14-8-4-9-15-21)22-16-10-5-11-17-22/h3-19,23-24H,1-2H3,(H,28,30)(H,29,31)/b27-18+. The molecule has 3 aromatic carbocycles. The van der Waals surface area contributed by atoms with Crippen molar-refractivity contribution in [3.05, 3.63) is 108 Å². The fraction of sp³-hybridized carbons (Fsp3) is 0.192. The fourth-order valence-corrected chi connectivity index (χ4v) is 3.34. The van der Waals surface area contributed by atoms with Crippen molar-refractivity contribution in [3.8, 4) is 0 Å². The predicted molar refractivity (Wildman–Crippen MR) is 124 cm³/mol. The molecule has 2 amide bonds. The van der Waals surface area contributed by atoms with Crippen LogP contribution in [-0.4, -0.2) is 24.1 Å². The first kappa shape index (κ1) is 22.0. The van der Waals surface area contributed by atoms with Crippen molar-refractivity contribution < 1.29 is 9.59 Å². The monoisotopic (exact) mass is 413 g/mol. The molecule has 0 bridgehead atoms. The van der Waals surface area contributed by atoms with Gasteiger partial charge in [0.05, 0.1) is 12.1 Å². The number of hydrazone groups is 1. The molecule has 3 aromatic rings. The van der Waals surface area contributed by atoms with Crippen molar-refractivity contribution in [2.75, 3.05) is 0 Å². The van der Waals surface area contributed by atoms with Crippen LogP contribution < -0.4 is 10.7 Å². The van der Waals surface area contributed by atoms with Crippen LogP contribution in [0.15, 0.2) is 96.1 Å². The van der Waals surface area contributed by atoms with Gasteiger partial charge in [0.25, 0.3) is 5.91 Å². The predicted octanol–water partition coefficient (Wildman–Crippen LogP) is 4.11. The summed E-state index contributed by atoms with van der Waals surface area (Å²) < 4.78 is 0. The Morgan fingerprint density at radius 3 is 1.71 bits per heavy atom. The van der Waals surface area contributed by atoms with Gasteiger partial charge in [-0.05, 0) is 22.6 Å². The highest BCUT2D eigenvalue weighted by Crippen LogP contribution is 2.25. The molecular formula is C26H27N3O2. The lowest BCUT2D eigenvalue weighted by Crippen LogP contribution is -2.50. The summed E-state index contributed by atoms with van der Waals surface area (Å²) in [6.07, 6.45) is 1.58. The number of amides is 2. The minimum Gasteiger partial charge on any atom is -0.343 e. The number of hydrogen-bond donors (Lipinski definition) is 2. The van der Waals surface area contributed by atoms with Gasteiger partial charge in [-0.2, -0.15) is 5.10 Å². The minimum absolute atomic E-state index is 0.108. The average molecular weight is 414 g/mol. The quantitative estimate of drug-likeness (QED) is 0.431. The van der Waals surface area contributed by atoms with Gasteiger partial charge in [0.2, 0.25) is 5.91 Å². The molecule has 0 radical (unpaired) electrons. The third kappa shape index (κ3) is 6.12. The number of rotatable bonds is 8. The number of benzene rings is 3. The largest absolute Gasteiger partial charge is 0.343 e. The lowest BCUT2D eigenvalue weighted by atomic mass is 9.89. The van der Waals surface area contributed by atoms with E-state index in [0.717, 1.165) is 16.7 Å². The van der Waals surface area contributed by atoms with Gasteiger partial charge in [0, 0.05) is 0 Å². The summed E-state index contributed by atoms with van der Waals surface area (Å²) in [6, 6.07) is 27.9. The molecule has 0 aliphatic rings. The van der Waals surface area contributed by atoms with E-state index in [2.05, 4.69) is 15.8 Å². The van der Waals surface area contributed by atoms with Crippen LogP contribution in [0.3, 0.4) is 0 Å². The molecule has 0 aliphatic heterocycles. The molecule has 1 unspecified atom stereocenters. The fourth-order valence-electron chi connectivity index (χ4n) is 3.34. The molecule has 0 spiro atoms. The van der Waals surface area contributed by atoms with E-state index in [1.165, 1.54) is 0 Å². The summed E-state index contributed by atoms with van der Waals surface area (Å²) >= 11 is 0. The maximum absolute atomic E-state index is 13.3. The summed E-state index contributed by atoms with van der Waals surface area (Å²) in [6.45, 7) is 3.79. The highest BCUT2D eigenvalue weighted by atomic mass is 16.2. The van der Waals surface area contributed by atoms with Gasteiger partial charge in [0.15, 0.2) is 0 Å². The molecular weight excluding hydrogens is 386 g/mol. The topological polar surface area (TPSA) is 70.6 Å². The summed E-state index contributed by atoms with van der Waals surface area (Å²) in [4.78, 5) is 26.1. The molecule has 0 saturated heterocycles. The van der Waals surface area contributed by atoms with Gasteiger partial charge in [-0.15, -0.1) is 0 Å². The maximum Gasteiger partial charge on any atom is 0.262 e. The summed E-state index contributed by atoms with van der Waals surface area (Å²) in [5.41, 5.74) is 5.17. The Bertz CT molecular complexity index is 963. The van der Waals surface area contributed by atoms with E-state index in [9.17, 15) is 9.59 Å². The van der Waals surface area contributed by atoms with Gasteiger partial charge in [-0.25, -0.2) is 5.43 Å². The lowest BCUT2D eigenvalue weighted by Gasteiger charge is -2.24. The zero-order valence-corrected chi connectivity index (χ0v) is 17.7. The third-order valence-electron chi connectivity index (χ3n) is 4.96. The van der Waals surface area contributed by atoms with Crippen molar-refractivity contribution >= 4 is 18.0 Å². The third-order valence-corrected chi connectivity index (χ3v) is 4.96. The SMILES string of the molecule is CC(C)C(NC(=O)C(c1ccccc1)c1ccccc1)C(=O)N/N=C/c1ccccc1. The van der Waals surface area contributed by atoms with Crippen molar-refractivity contribution in [1.82, 2.24) is 10.7 Å². The molecule has 5 heteroatoms. The van der Waals surface area contributed by atoms with Crippen LogP contribution in [-0.2, 0) is 9.59 Å². The van der Waals surface area contributed by atoms with E-state index in [1.54, 1.807) is 6.21 Å². The van der Waals surface area contributed by atoms with Crippen molar-refractivity contribution in [1.29, 1.82) is 0 Å². The number of hydrogen-bond acceptors (Lipinski definition) is 3. The number of carbonyl (C=O) groups excluding carboxylic acids is 2. The normalized spacial score (nSPS) is 12.1. The average Bonchev–Trinajstić information content (AvgIpc) is 2.79. The van der Waals surface area contributed by atoms with Gasteiger partial charge in [-0.1, -0.05) is 105 Å². The Balaban J connectivity index is 1.76. The Morgan fingerprint density at radius 2 is 1.23 bits per heavy atom. The van der Waals surface area contributed by atoms with Crippen LogP contribution in [0.1, 0.15) is 36.5 Å². The Kier molecular flexibility index (Phi) is 7.71. The summed E-state index contributed by atoms with van der Waals surface area (Å²) in [7, 11) is 0. The number of nitrogens with zero attached hydrogens (tertiary/aromatic N) is 1. The smallest absolute Gasteiger partial charge is 0.262 e. The van der Waals surface area contributed by atoms with Crippen molar-refractivity contribution in [3.63, 3.8) is 0 Å². The first-order valence-electron chi connectivity index (χ1n) is 10.3. The molecule has 0 saturated carbocycles. The van der Waals surface area contributed by atoms with Crippen LogP contribution in [0, 0.1) is 5.92 Å². The molecule has 0 fully saturated rings. The van der Waals surface area contributed by atoms with Gasteiger partial charge in [0.1, 0.15) is 6.04 Å². The number of carbonyl (C=O) groups is 2. The van der Waals surface area contributed by atoms with Crippen LogP contribution in [0.25, 0.3) is 0 Å². The second-order valence-electron chi connectivity index (χ2n) is 7.63. The van der Waals surface area contributed by atoms with E-state index in [1.807, 2.05) is 105 Å². The van der Waals surface area contributed by atoms with E-state index in [4.69, 9.17) is 0 Å². The van der Waals surface area contributed by atoms with Gasteiger partial charge in [-0.3, -0.25) is 9.59 Å². The lowest BCUT2D eigenvalue weighted by molar-refractivity contribution is -0.130. The Hall–Kier alpha value is -3.73. The van der Waals surface area contributed by atoms with Crippen LogP contribution in [0.2, 0.25) is 0 Å². The first-order valence-corrected chi connectivity index (χ1v) is 10.3. The van der Waals surface area contributed by atoms with Gasteiger partial charge < -0.3 is 5.32 Å². The molecule has 0 aromatic heterocycles. The zero-order valence-electron chi connectivity index (χ0n) is 17.7. The number of nitrogens with one attached hydrogen (secondary N) is 2. The van der Waals surface area contributed by atoms with E-state index in [-0.39, 0.29) is 17.7 Å². The molecule has 0 aliphatic carbocycles. The van der Waals surface area contributed by atoms with Crippen molar-refractivity contribution in [2.24, 2.45) is 11.0 Å². The highest BCUT2D eigenvalue weighted by Gasteiger charge is 2.29. The Morgan fingerprint density at radius 1 is 0.742 bits per heavy atom. The summed E-state index contributed by atoms with van der Waals surface area (Å²) in [5.74, 6) is -1.19. The van der Waals surface area contributed by atoms with Crippen LogP contribution in [0.5, 0.6) is 0 Å². The highest BCUT2D eigenvalue weighted by molar-refractivity contribution is 5.93. The van der Waals surface area contributed by atoms with Crippen molar-refractivity contribution in [2.45, 2.75) is 25.8 Å². The Labute approximate surface area is 183 Å². The molecule has 158 valence electrons. The van der Waals surface area contributed by atoms with Gasteiger partial charge >= 0.3 is 0 Å². The van der Waals surface area contributed by atoms with E-state index < -0.39 is 12.0 Å². The molecule has 2 N–H and O–H groups in total. The van der Waals surface area contributed by atoms with E-state index in [0.29, 0.717) is 0 Å². The summed E-state index contributed by atoms with van der Waals surface area (Å²) in [5, 5.41) is 6.97. The zero-order chi connectivity index (χ0) is 22.1. The molecule has 1 atom stereocenters. The maximum atomic E-state index is 13.3.